The second kappa shape index (κ2) is 5.92. The molecule has 4 rings (SSSR count). The molecule has 2 N–H and O–H groups in total. The van der Waals surface area contributed by atoms with Crippen molar-refractivity contribution in [1.29, 1.82) is 0 Å². The SMILES string of the molecule is O=C(Nc1nncs1)C1CCCN(c2ncnc3[nH]ccc23)C1. The Kier molecular flexibility index (Phi) is 3.62. The molecule has 1 saturated heterocycles. The third-order valence-corrected chi connectivity index (χ3v) is 4.62. The summed E-state index contributed by atoms with van der Waals surface area (Å²) in [5, 5.41) is 12.0. The number of hydrogen-bond acceptors (Lipinski definition) is 7. The largest absolute Gasteiger partial charge is 0.355 e. The maximum Gasteiger partial charge on any atom is 0.231 e. The molecule has 4 heterocycles. The first-order chi connectivity index (χ1) is 11.3. The predicted octanol–water partition coefficient (Wildman–Crippen LogP) is 1.66. The fourth-order valence-electron chi connectivity index (χ4n) is 2.93. The Morgan fingerprint density at radius 2 is 2.39 bits per heavy atom. The number of piperidine rings is 1. The van der Waals surface area contributed by atoms with Gasteiger partial charge in [-0.15, -0.1) is 10.2 Å². The van der Waals surface area contributed by atoms with Crippen molar-refractivity contribution in [2.45, 2.75) is 12.8 Å². The van der Waals surface area contributed by atoms with E-state index in [-0.39, 0.29) is 11.8 Å². The van der Waals surface area contributed by atoms with Crippen LogP contribution in [0.5, 0.6) is 0 Å². The zero-order chi connectivity index (χ0) is 15.6. The molecule has 1 aliphatic rings. The third kappa shape index (κ3) is 2.74. The molecule has 0 spiro atoms. The molecule has 1 amide bonds. The number of carbonyl (C=O) groups is 1. The fourth-order valence-corrected chi connectivity index (χ4v) is 3.38. The molecule has 23 heavy (non-hydrogen) atoms. The maximum absolute atomic E-state index is 12.4. The van der Waals surface area contributed by atoms with Crippen LogP contribution in [0.3, 0.4) is 0 Å². The van der Waals surface area contributed by atoms with Crippen molar-refractivity contribution >= 4 is 39.2 Å². The highest BCUT2D eigenvalue weighted by Crippen LogP contribution is 2.27. The van der Waals surface area contributed by atoms with Gasteiger partial charge in [0.25, 0.3) is 0 Å². The van der Waals surface area contributed by atoms with Crippen LogP contribution in [0.4, 0.5) is 10.9 Å². The highest BCUT2D eigenvalue weighted by molar-refractivity contribution is 7.13. The summed E-state index contributed by atoms with van der Waals surface area (Å²) in [7, 11) is 0. The van der Waals surface area contributed by atoms with Crippen LogP contribution < -0.4 is 10.2 Å². The molecule has 0 bridgehead atoms. The summed E-state index contributed by atoms with van der Waals surface area (Å²) in [6.07, 6.45) is 5.22. The van der Waals surface area contributed by atoms with Crippen molar-refractivity contribution in [2.75, 3.05) is 23.3 Å². The van der Waals surface area contributed by atoms with E-state index in [0.29, 0.717) is 11.7 Å². The highest BCUT2D eigenvalue weighted by Gasteiger charge is 2.28. The normalized spacial score (nSPS) is 18.3. The lowest BCUT2D eigenvalue weighted by Crippen LogP contribution is -2.41. The van der Waals surface area contributed by atoms with Gasteiger partial charge in [0.1, 0.15) is 23.3 Å². The lowest BCUT2D eigenvalue weighted by molar-refractivity contribution is -0.120. The lowest BCUT2D eigenvalue weighted by Gasteiger charge is -2.32. The van der Waals surface area contributed by atoms with E-state index in [0.717, 1.165) is 36.2 Å². The first-order valence-electron chi connectivity index (χ1n) is 7.41. The molecule has 1 fully saturated rings. The van der Waals surface area contributed by atoms with E-state index in [9.17, 15) is 4.79 Å². The van der Waals surface area contributed by atoms with Gasteiger partial charge in [0.15, 0.2) is 0 Å². The minimum atomic E-state index is -0.0865. The molecule has 1 unspecified atom stereocenters. The van der Waals surface area contributed by atoms with Gasteiger partial charge < -0.3 is 15.2 Å². The third-order valence-electron chi connectivity index (χ3n) is 4.01. The van der Waals surface area contributed by atoms with Gasteiger partial charge in [0, 0.05) is 19.3 Å². The number of anilines is 2. The molecule has 0 radical (unpaired) electrons. The van der Waals surface area contributed by atoms with Crippen molar-refractivity contribution in [3.8, 4) is 0 Å². The molecule has 0 aliphatic carbocycles. The highest BCUT2D eigenvalue weighted by atomic mass is 32.1. The Hall–Kier alpha value is -2.55. The van der Waals surface area contributed by atoms with Crippen molar-refractivity contribution < 1.29 is 4.79 Å². The van der Waals surface area contributed by atoms with E-state index < -0.39 is 0 Å². The predicted molar refractivity (Wildman–Crippen MR) is 87.4 cm³/mol. The maximum atomic E-state index is 12.4. The number of nitrogens with one attached hydrogen (secondary N) is 2. The average molecular weight is 329 g/mol. The number of rotatable bonds is 3. The Balaban J connectivity index is 1.53. The number of hydrogen-bond donors (Lipinski definition) is 2. The number of aromatic nitrogens is 5. The second-order valence-electron chi connectivity index (χ2n) is 5.46. The molecule has 0 saturated carbocycles. The quantitative estimate of drug-likeness (QED) is 0.758. The summed E-state index contributed by atoms with van der Waals surface area (Å²) in [6.45, 7) is 1.53. The van der Waals surface area contributed by atoms with Crippen LogP contribution in [0.2, 0.25) is 0 Å². The summed E-state index contributed by atoms with van der Waals surface area (Å²) in [4.78, 5) is 26.3. The van der Waals surface area contributed by atoms with Crippen LogP contribution in [-0.4, -0.2) is 44.1 Å². The molecule has 3 aromatic heterocycles. The van der Waals surface area contributed by atoms with E-state index in [4.69, 9.17) is 0 Å². The number of aromatic amines is 1. The first kappa shape index (κ1) is 14.1. The van der Waals surface area contributed by atoms with Gasteiger partial charge in [0.05, 0.1) is 11.3 Å². The summed E-state index contributed by atoms with van der Waals surface area (Å²) in [6, 6.07) is 1.97. The smallest absolute Gasteiger partial charge is 0.231 e. The van der Waals surface area contributed by atoms with Gasteiger partial charge in [0.2, 0.25) is 11.0 Å². The number of H-pyrrole nitrogens is 1. The van der Waals surface area contributed by atoms with Crippen molar-refractivity contribution in [3.05, 3.63) is 24.1 Å². The van der Waals surface area contributed by atoms with Crippen LogP contribution >= 0.6 is 11.3 Å². The van der Waals surface area contributed by atoms with Crippen LogP contribution in [0.1, 0.15) is 12.8 Å². The van der Waals surface area contributed by atoms with Gasteiger partial charge in [-0.05, 0) is 18.9 Å². The summed E-state index contributed by atoms with van der Waals surface area (Å²) < 4.78 is 0. The summed E-state index contributed by atoms with van der Waals surface area (Å²) in [5.74, 6) is 0.784. The standard InChI is InChI=1S/C14H15N7OS/c22-13(19-14-20-18-8-23-14)9-2-1-5-21(6-9)12-10-3-4-15-11(10)16-7-17-12/h3-4,7-9H,1-2,5-6H2,(H,15,16,17)(H,19,20,22). The molecule has 1 aliphatic heterocycles. The lowest BCUT2D eigenvalue weighted by atomic mass is 9.97. The Labute approximate surface area is 136 Å². The molecule has 118 valence electrons. The van der Waals surface area contributed by atoms with Gasteiger partial charge >= 0.3 is 0 Å². The average Bonchev–Trinajstić information content (AvgIpc) is 3.25. The summed E-state index contributed by atoms with van der Waals surface area (Å²) in [5.41, 5.74) is 2.42. The van der Waals surface area contributed by atoms with Gasteiger partial charge in [-0.2, -0.15) is 0 Å². The Bertz CT molecular complexity index is 816. The molecular formula is C14H15N7OS. The van der Waals surface area contributed by atoms with E-state index in [1.807, 2.05) is 12.3 Å². The number of fused-ring (bicyclic) bond motifs is 1. The molecule has 9 heteroatoms. The van der Waals surface area contributed by atoms with E-state index in [2.05, 4.69) is 35.4 Å². The topological polar surface area (TPSA) is 99.7 Å². The van der Waals surface area contributed by atoms with Crippen molar-refractivity contribution in [2.24, 2.45) is 5.92 Å². The van der Waals surface area contributed by atoms with Crippen LogP contribution in [0, 0.1) is 5.92 Å². The zero-order valence-electron chi connectivity index (χ0n) is 12.3. The molecule has 8 nitrogen and oxygen atoms in total. The number of amides is 1. The second-order valence-corrected chi connectivity index (χ2v) is 6.29. The minimum absolute atomic E-state index is 0.00850. The molecule has 3 aromatic rings. The van der Waals surface area contributed by atoms with Gasteiger partial charge in [-0.25, -0.2) is 9.97 Å². The van der Waals surface area contributed by atoms with Crippen molar-refractivity contribution in [1.82, 2.24) is 25.1 Å². The minimum Gasteiger partial charge on any atom is -0.355 e. The zero-order valence-corrected chi connectivity index (χ0v) is 13.1. The molecule has 0 aromatic carbocycles. The number of carbonyl (C=O) groups excluding carboxylic acids is 1. The molecular weight excluding hydrogens is 314 g/mol. The molecule has 1 atom stereocenters. The van der Waals surface area contributed by atoms with Gasteiger partial charge in [-0.3, -0.25) is 4.79 Å². The monoisotopic (exact) mass is 329 g/mol. The van der Waals surface area contributed by atoms with E-state index >= 15 is 0 Å². The van der Waals surface area contributed by atoms with Gasteiger partial charge in [-0.1, -0.05) is 11.3 Å². The Morgan fingerprint density at radius 3 is 3.26 bits per heavy atom. The number of nitrogens with zero attached hydrogens (tertiary/aromatic N) is 5. The van der Waals surface area contributed by atoms with E-state index in [1.165, 1.54) is 11.3 Å². The van der Waals surface area contributed by atoms with Crippen LogP contribution in [0.25, 0.3) is 11.0 Å². The van der Waals surface area contributed by atoms with Crippen LogP contribution in [-0.2, 0) is 4.79 Å². The van der Waals surface area contributed by atoms with Crippen LogP contribution in [0.15, 0.2) is 24.1 Å². The first-order valence-corrected chi connectivity index (χ1v) is 8.29. The summed E-state index contributed by atoms with van der Waals surface area (Å²) >= 11 is 1.32. The fraction of sp³-hybridized carbons (Fsp3) is 0.357. The van der Waals surface area contributed by atoms with E-state index in [1.54, 1.807) is 11.8 Å². The van der Waals surface area contributed by atoms with Crippen molar-refractivity contribution in [3.63, 3.8) is 0 Å². The Morgan fingerprint density at radius 1 is 1.43 bits per heavy atom.